The number of non-ortho nitro benzene ring substituents is 1. The lowest BCUT2D eigenvalue weighted by atomic mass is 10.1. The highest BCUT2D eigenvalue weighted by Crippen LogP contribution is 2.20. The van der Waals surface area contributed by atoms with Crippen LogP contribution in [0, 0.1) is 10.1 Å². The minimum Gasteiger partial charge on any atom is -0.398 e. The van der Waals surface area contributed by atoms with E-state index in [1.165, 1.54) is 18.2 Å². The Hall–Kier alpha value is -1.70. The van der Waals surface area contributed by atoms with Crippen molar-refractivity contribution in [1.82, 2.24) is 4.90 Å². The van der Waals surface area contributed by atoms with E-state index in [1.807, 2.05) is 0 Å². The van der Waals surface area contributed by atoms with Crippen LogP contribution in [0.2, 0.25) is 0 Å². The summed E-state index contributed by atoms with van der Waals surface area (Å²) in [5.74, 6) is 0. The molecule has 7 heteroatoms. The van der Waals surface area contributed by atoms with E-state index in [9.17, 15) is 10.1 Å². The predicted octanol–water partition coefficient (Wildman–Crippen LogP) is -0.0364. The maximum Gasteiger partial charge on any atom is 0.269 e. The van der Waals surface area contributed by atoms with Gasteiger partial charge in [-0.1, -0.05) is 0 Å². The Labute approximate surface area is 105 Å². The summed E-state index contributed by atoms with van der Waals surface area (Å²) < 4.78 is 0. The molecule has 7 nitrogen and oxygen atoms in total. The summed E-state index contributed by atoms with van der Waals surface area (Å²) in [5.41, 5.74) is 6.81. The molecule has 0 saturated carbocycles. The van der Waals surface area contributed by atoms with Crippen molar-refractivity contribution in [2.75, 3.05) is 32.0 Å². The van der Waals surface area contributed by atoms with Gasteiger partial charge in [0.05, 0.1) is 18.1 Å². The molecular weight excluding hydrogens is 238 g/mol. The molecule has 0 amide bonds. The molecule has 0 unspecified atom stereocenters. The van der Waals surface area contributed by atoms with E-state index in [2.05, 4.69) is 0 Å². The molecule has 1 aromatic carbocycles. The second-order valence-corrected chi connectivity index (χ2v) is 3.86. The summed E-state index contributed by atoms with van der Waals surface area (Å²) in [6.07, 6.45) is 0. The molecule has 0 aromatic heterocycles. The first-order valence-electron chi connectivity index (χ1n) is 5.55. The molecule has 18 heavy (non-hydrogen) atoms. The highest BCUT2D eigenvalue weighted by Gasteiger charge is 2.12. The van der Waals surface area contributed by atoms with Crippen LogP contribution >= 0.6 is 0 Å². The minimum atomic E-state index is -0.481. The third-order valence-electron chi connectivity index (χ3n) is 2.56. The fraction of sp³-hybridized carbons (Fsp3) is 0.455. The van der Waals surface area contributed by atoms with Crippen molar-refractivity contribution >= 4 is 11.4 Å². The number of aliphatic hydroxyl groups excluding tert-OH is 2. The number of hydrogen-bond donors (Lipinski definition) is 3. The van der Waals surface area contributed by atoms with Crippen LogP contribution < -0.4 is 5.73 Å². The zero-order valence-corrected chi connectivity index (χ0v) is 9.95. The first-order chi connectivity index (χ1) is 8.58. The van der Waals surface area contributed by atoms with Gasteiger partial charge in [-0.3, -0.25) is 15.0 Å². The normalized spacial score (nSPS) is 10.8. The van der Waals surface area contributed by atoms with E-state index in [1.54, 1.807) is 4.90 Å². The smallest absolute Gasteiger partial charge is 0.269 e. The zero-order valence-electron chi connectivity index (χ0n) is 9.95. The molecule has 0 fully saturated rings. The number of nitrogen functional groups attached to an aromatic ring is 1. The van der Waals surface area contributed by atoms with Gasteiger partial charge in [-0.2, -0.15) is 0 Å². The van der Waals surface area contributed by atoms with E-state index in [0.717, 1.165) is 0 Å². The molecular formula is C11H17N3O4. The van der Waals surface area contributed by atoms with Gasteiger partial charge in [0.15, 0.2) is 0 Å². The lowest BCUT2D eigenvalue weighted by Gasteiger charge is -2.20. The largest absolute Gasteiger partial charge is 0.398 e. The van der Waals surface area contributed by atoms with Gasteiger partial charge in [-0.15, -0.1) is 0 Å². The fourth-order valence-electron chi connectivity index (χ4n) is 1.64. The molecule has 1 rings (SSSR count). The summed E-state index contributed by atoms with van der Waals surface area (Å²) in [6, 6.07) is 4.25. The summed E-state index contributed by atoms with van der Waals surface area (Å²) in [5, 5.41) is 28.5. The predicted molar refractivity (Wildman–Crippen MR) is 67.0 cm³/mol. The Morgan fingerprint density at radius 2 is 1.89 bits per heavy atom. The van der Waals surface area contributed by atoms with Crippen LogP contribution in [0.25, 0.3) is 0 Å². The van der Waals surface area contributed by atoms with Crippen molar-refractivity contribution in [3.05, 3.63) is 33.9 Å². The maximum atomic E-state index is 10.7. The SMILES string of the molecule is Nc1ccc([N+](=O)[O-])cc1CN(CCO)CCO. The quantitative estimate of drug-likeness (QED) is 0.358. The van der Waals surface area contributed by atoms with Gasteiger partial charge in [-0.05, 0) is 11.6 Å². The Morgan fingerprint density at radius 1 is 1.28 bits per heavy atom. The minimum absolute atomic E-state index is 0.0212. The maximum absolute atomic E-state index is 10.7. The Balaban J connectivity index is 2.86. The van der Waals surface area contributed by atoms with Crippen molar-refractivity contribution < 1.29 is 15.1 Å². The van der Waals surface area contributed by atoms with Crippen LogP contribution in [0.1, 0.15) is 5.56 Å². The van der Waals surface area contributed by atoms with Crippen LogP contribution in [0.4, 0.5) is 11.4 Å². The van der Waals surface area contributed by atoms with Gasteiger partial charge in [-0.25, -0.2) is 0 Å². The first-order valence-corrected chi connectivity index (χ1v) is 5.55. The average molecular weight is 255 g/mol. The standard InChI is InChI=1S/C11H17N3O4/c12-11-2-1-10(14(17)18)7-9(11)8-13(3-5-15)4-6-16/h1-2,7,15-16H,3-6,8,12H2. The molecule has 0 aliphatic heterocycles. The van der Waals surface area contributed by atoms with Crippen LogP contribution in [0.3, 0.4) is 0 Å². The van der Waals surface area contributed by atoms with E-state index in [0.29, 0.717) is 30.9 Å². The molecule has 0 spiro atoms. The van der Waals surface area contributed by atoms with Crippen molar-refractivity contribution in [2.45, 2.75) is 6.54 Å². The summed E-state index contributed by atoms with van der Waals surface area (Å²) in [4.78, 5) is 12.0. The van der Waals surface area contributed by atoms with Crippen LogP contribution in [-0.4, -0.2) is 46.3 Å². The highest BCUT2D eigenvalue weighted by atomic mass is 16.6. The van der Waals surface area contributed by atoms with Crippen LogP contribution in [0.5, 0.6) is 0 Å². The van der Waals surface area contributed by atoms with Gasteiger partial charge in [0, 0.05) is 37.5 Å². The second kappa shape index (κ2) is 6.90. The van der Waals surface area contributed by atoms with E-state index < -0.39 is 4.92 Å². The molecule has 100 valence electrons. The van der Waals surface area contributed by atoms with E-state index in [-0.39, 0.29) is 18.9 Å². The first kappa shape index (κ1) is 14.4. The number of nitrogens with two attached hydrogens (primary N) is 1. The van der Waals surface area contributed by atoms with Gasteiger partial charge in [0.1, 0.15) is 0 Å². The molecule has 4 N–H and O–H groups in total. The molecule has 0 saturated heterocycles. The number of hydrogen-bond acceptors (Lipinski definition) is 6. The van der Waals surface area contributed by atoms with Crippen molar-refractivity contribution in [1.29, 1.82) is 0 Å². The third kappa shape index (κ3) is 3.95. The Bertz CT molecular complexity index is 405. The molecule has 1 aromatic rings. The summed E-state index contributed by atoms with van der Waals surface area (Å²) >= 11 is 0. The zero-order chi connectivity index (χ0) is 13.5. The van der Waals surface area contributed by atoms with Crippen LogP contribution in [0.15, 0.2) is 18.2 Å². The van der Waals surface area contributed by atoms with Crippen LogP contribution in [-0.2, 0) is 6.54 Å². The van der Waals surface area contributed by atoms with Crippen molar-refractivity contribution in [3.8, 4) is 0 Å². The molecule has 0 aliphatic carbocycles. The fourth-order valence-corrected chi connectivity index (χ4v) is 1.64. The topological polar surface area (TPSA) is 113 Å². The summed E-state index contributed by atoms with van der Waals surface area (Å²) in [6.45, 7) is 1.02. The van der Waals surface area contributed by atoms with Crippen molar-refractivity contribution in [2.24, 2.45) is 0 Å². The third-order valence-corrected chi connectivity index (χ3v) is 2.56. The molecule has 0 radical (unpaired) electrons. The molecule has 0 bridgehead atoms. The van der Waals surface area contributed by atoms with Gasteiger partial charge >= 0.3 is 0 Å². The second-order valence-electron chi connectivity index (χ2n) is 3.86. The lowest BCUT2D eigenvalue weighted by molar-refractivity contribution is -0.384. The van der Waals surface area contributed by atoms with Gasteiger partial charge in [0.2, 0.25) is 0 Å². The Morgan fingerprint density at radius 3 is 2.39 bits per heavy atom. The molecule has 0 aliphatic rings. The number of nitro groups is 1. The number of anilines is 1. The number of rotatable bonds is 7. The number of benzene rings is 1. The van der Waals surface area contributed by atoms with Crippen molar-refractivity contribution in [3.63, 3.8) is 0 Å². The lowest BCUT2D eigenvalue weighted by Crippen LogP contribution is -2.29. The van der Waals surface area contributed by atoms with Gasteiger partial charge in [0.25, 0.3) is 5.69 Å². The average Bonchev–Trinajstić information content (AvgIpc) is 2.32. The van der Waals surface area contributed by atoms with Gasteiger partial charge < -0.3 is 15.9 Å². The monoisotopic (exact) mass is 255 g/mol. The van der Waals surface area contributed by atoms with E-state index >= 15 is 0 Å². The molecule has 0 heterocycles. The number of nitrogens with zero attached hydrogens (tertiary/aromatic N) is 2. The highest BCUT2D eigenvalue weighted by molar-refractivity contribution is 5.52. The van der Waals surface area contributed by atoms with E-state index in [4.69, 9.17) is 15.9 Å². The molecule has 0 atom stereocenters. The number of nitro benzene ring substituents is 1. The Kier molecular flexibility index (Phi) is 5.50. The number of aliphatic hydroxyl groups is 2. The summed E-state index contributed by atoms with van der Waals surface area (Å²) in [7, 11) is 0.